The zero-order valence-electron chi connectivity index (χ0n) is 12.6. The third kappa shape index (κ3) is 10.5. The van der Waals surface area contributed by atoms with Crippen molar-refractivity contribution < 1.29 is 14.3 Å². The Morgan fingerprint density at radius 1 is 1.16 bits per heavy atom. The van der Waals surface area contributed by atoms with E-state index in [1.807, 2.05) is 6.92 Å². The van der Waals surface area contributed by atoms with E-state index in [1.54, 1.807) is 0 Å². The molecule has 0 saturated heterocycles. The van der Waals surface area contributed by atoms with Crippen molar-refractivity contribution in [3.05, 3.63) is 12.2 Å². The van der Waals surface area contributed by atoms with E-state index in [9.17, 15) is 9.59 Å². The maximum atomic E-state index is 11.6. The molecule has 110 valence electrons. The third-order valence-electron chi connectivity index (χ3n) is 3.46. The smallest absolute Gasteiger partial charge is 0.305 e. The molecule has 0 fully saturated rings. The molecule has 1 atom stereocenters. The molecule has 0 aliphatic rings. The van der Waals surface area contributed by atoms with Gasteiger partial charge in [-0.1, -0.05) is 31.9 Å². The first kappa shape index (κ1) is 17.9. The molecule has 0 heterocycles. The standard InChI is InChI=1S/C16H28O3/c1-4-6-7-8-9-14(5-2)10-11-15(17)12-13-16(18)19-3/h4,6,14H,5,7-13H2,1-3H3/b6-4-. The molecule has 0 saturated carbocycles. The fraction of sp³-hybridized carbons (Fsp3) is 0.750. The van der Waals surface area contributed by atoms with Crippen molar-refractivity contribution in [2.24, 2.45) is 5.92 Å². The van der Waals surface area contributed by atoms with Gasteiger partial charge in [0.1, 0.15) is 5.78 Å². The number of carbonyl (C=O) groups is 2. The Kier molecular flexibility index (Phi) is 11.2. The number of unbranched alkanes of at least 4 members (excludes halogenated alkanes) is 1. The number of esters is 1. The van der Waals surface area contributed by atoms with Gasteiger partial charge in [-0.2, -0.15) is 0 Å². The lowest BCUT2D eigenvalue weighted by molar-refractivity contribution is -0.141. The van der Waals surface area contributed by atoms with Gasteiger partial charge in [0.05, 0.1) is 13.5 Å². The van der Waals surface area contributed by atoms with Gasteiger partial charge in [0.15, 0.2) is 0 Å². The van der Waals surface area contributed by atoms with Crippen LogP contribution in [0.4, 0.5) is 0 Å². The molecule has 0 aliphatic carbocycles. The van der Waals surface area contributed by atoms with Gasteiger partial charge in [0.25, 0.3) is 0 Å². The van der Waals surface area contributed by atoms with Crippen molar-refractivity contribution in [3.8, 4) is 0 Å². The summed E-state index contributed by atoms with van der Waals surface area (Å²) < 4.78 is 4.53. The summed E-state index contributed by atoms with van der Waals surface area (Å²) >= 11 is 0. The minimum Gasteiger partial charge on any atom is -0.469 e. The Bertz CT molecular complexity index is 282. The van der Waals surface area contributed by atoms with E-state index in [4.69, 9.17) is 0 Å². The largest absolute Gasteiger partial charge is 0.469 e. The summed E-state index contributed by atoms with van der Waals surface area (Å²) in [4.78, 5) is 22.6. The Morgan fingerprint density at radius 2 is 1.89 bits per heavy atom. The van der Waals surface area contributed by atoms with Crippen LogP contribution >= 0.6 is 0 Å². The van der Waals surface area contributed by atoms with E-state index in [2.05, 4.69) is 23.8 Å². The molecule has 0 amide bonds. The number of hydrogen-bond acceptors (Lipinski definition) is 3. The van der Waals surface area contributed by atoms with Gasteiger partial charge in [-0.25, -0.2) is 0 Å². The normalized spacial score (nSPS) is 12.6. The van der Waals surface area contributed by atoms with Crippen molar-refractivity contribution in [3.63, 3.8) is 0 Å². The minimum atomic E-state index is -0.299. The molecular weight excluding hydrogens is 240 g/mol. The highest BCUT2D eigenvalue weighted by atomic mass is 16.5. The maximum Gasteiger partial charge on any atom is 0.305 e. The molecular formula is C16H28O3. The first-order valence-corrected chi connectivity index (χ1v) is 7.33. The molecule has 1 unspecified atom stereocenters. The summed E-state index contributed by atoms with van der Waals surface area (Å²) in [5.74, 6) is 0.511. The van der Waals surface area contributed by atoms with Crippen molar-refractivity contribution in [1.82, 2.24) is 0 Å². The highest BCUT2D eigenvalue weighted by Crippen LogP contribution is 2.19. The van der Waals surface area contributed by atoms with Crippen LogP contribution in [0.2, 0.25) is 0 Å². The van der Waals surface area contributed by atoms with E-state index in [-0.39, 0.29) is 18.2 Å². The number of methoxy groups -OCH3 is 1. The molecule has 0 radical (unpaired) electrons. The van der Waals surface area contributed by atoms with Crippen LogP contribution in [0.25, 0.3) is 0 Å². The summed E-state index contributed by atoms with van der Waals surface area (Å²) in [7, 11) is 1.35. The first-order chi connectivity index (χ1) is 9.13. The predicted octanol–water partition coefficient (Wildman–Crippen LogP) is 4.06. The summed E-state index contributed by atoms with van der Waals surface area (Å²) in [6, 6.07) is 0. The SMILES string of the molecule is C/C=C\CCCC(CC)CCC(=O)CCC(=O)OC. The molecule has 0 aromatic heterocycles. The van der Waals surface area contributed by atoms with Gasteiger partial charge in [0, 0.05) is 12.8 Å². The average Bonchev–Trinajstić information content (AvgIpc) is 2.43. The van der Waals surface area contributed by atoms with Gasteiger partial charge < -0.3 is 4.74 Å². The molecule has 3 nitrogen and oxygen atoms in total. The lowest BCUT2D eigenvalue weighted by Gasteiger charge is -2.13. The number of ether oxygens (including phenoxy) is 1. The first-order valence-electron chi connectivity index (χ1n) is 7.33. The fourth-order valence-electron chi connectivity index (χ4n) is 2.08. The average molecular weight is 268 g/mol. The van der Waals surface area contributed by atoms with Gasteiger partial charge in [-0.3, -0.25) is 9.59 Å². The topological polar surface area (TPSA) is 43.4 Å². The number of allylic oxidation sites excluding steroid dienone is 2. The molecule has 19 heavy (non-hydrogen) atoms. The van der Waals surface area contributed by atoms with E-state index < -0.39 is 0 Å². The van der Waals surface area contributed by atoms with Crippen molar-refractivity contribution in [1.29, 1.82) is 0 Å². The van der Waals surface area contributed by atoms with Crippen LogP contribution < -0.4 is 0 Å². The minimum absolute atomic E-state index is 0.178. The third-order valence-corrected chi connectivity index (χ3v) is 3.46. The van der Waals surface area contributed by atoms with Crippen LogP contribution in [0.5, 0.6) is 0 Å². The van der Waals surface area contributed by atoms with Gasteiger partial charge in [-0.05, 0) is 32.1 Å². The lowest BCUT2D eigenvalue weighted by atomic mass is 9.92. The lowest BCUT2D eigenvalue weighted by Crippen LogP contribution is -2.08. The van der Waals surface area contributed by atoms with Crippen LogP contribution in [0, 0.1) is 5.92 Å². The molecule has 0 rings (SSSR count). The van der Waals surface area contributed by atoms with Gasteiger partial charge in [0.2, 0.25) is 0 Å². The zero-order valence-corrected chi connectivity index (χ0v) is 12.6. The second kappa shape index (κ2) is 11.9. The molecule has 0 bridgehead atoms. The van der Waals surface area contributed by atoms with Gasteiger partial charge >= 0.3 is 5.97 Å². The molecule has 0 spiro atoms. The van der Waals surface area contributed by atoms with Crippen molar-refractivity contribution in [2.45, 2.75) is 65.2 Å². The summed E-state index contributed by atoms with van der Waals surface area (Å²) in [6.07, 6.45) is 11.0. The van der Waals surface area contributed by atoms with Crippen LogP contribution in [-0.2, 0) is 14.3 Å². The van der Waals surface area contributed by atoms with Crippen molar-refractivity contribution in [2.75, 3.05) is 7.11 Å². The van der Waals surface area contributed by atoms with E-state index >= 15 is 0 Å². The predicted molar refractivity (Wildman–Crippen MR) is 77.9 cm³/mol. The quantitative estimate of drug-likeness (QED) is 0.322. The molecule has 0 aromatic rings. The Balaban J connectivity index is 3.74. The number of hydrogen-bond donors (Lipinski definition) is 0. The van der Waals surface area contributed by atoms with E-state index in [0.717, 1.165) is 19.3 Å². The fourth-order valence-corrected chi connectivity index (χ4v) is 2.08. The maximum absolute atomic E-state index is 11.6. The van der Waals surface area contributed by atoms with Crippen LogP contribution in [0.15, 0.2) is 12.2 Å². The second-order valence-corrected chi connectivity index (χ2v) is 4.93. The van der Waals surface area contributed by atoms with Gasteiger partial charge in [-0.15, -0.1) is 0 Å². The van der Waals surface area contributed by atoms with Crippen molar-refractivity contribution >= 4 is 11.8 Å². The van der Waals surface area contributed by atoms with E-state index in [1.165, 1.54) is 20.0 Å². The van der Waals surface area contributed by atoms with Crippen LogP contribution in [-0.4, -0.2) is 18.9 Å². The highest BCUT2D eigenvalue weighted by molar-refractivity contribution is 5.82. The number of ketones is 1. The summed E-state index contributed by atoms with van der Waals surface area (Å²) in [5, 5.41) is 0. The molecule has 0 aromatic carbocycles. The Morgan fingerprint density at radius 3 is 2.47 bits per heavy atom. The van der Waals surface area contributed by atoms with Crippen LogP contribution in [0.1, 0.15) is 65.2 Å². The Hall–Kier alpha value is -1.12. The zero-order chi connectivity index (χ0) is 14.5. The Labute approximate surface area is 117 Å². The molecule has 0 N–H and O–H groups in total. The van der Waals surface area contributed by atoms with Crippen LogP contribution in [0.3, 0.4) is 0 Å². The monoisotopic (exact) mass is 268 g/mol. The van der Waals surface area contributed by atoms with E-state index in [0.29, 0.717) is 18.8 Å². The summed E-state index contributed by atoms with van der Waals surface area (Å²) in [5.41, 5.74) is 0. The summed E-state index contributed by atoms with van der Waals surface area (Å²) in [6.45, 7) is 4.22. The second-order valence-electron chi connectivity index (χ2n) is 4.93. The molecule has 0 aliphatic heterocycles. The molecule has 3 heteroatoms. The number of rotatable bonds is 11. The number of carbonyl (C=O) groups excluding carboxylic acids is 2. The highest BCUT2D eigenvalue weighted by Gasteiger charge is 2.11. The number of Topliss-reactive ketones (excluding diaryl/α,β-unsaturated/α-hetero) is 1.